The normalized spacial score (nSPS) is 20.4. The van der Waals surface area contributed by atoms with Crippen molar-refractivity contribution in [3.63, 3.8) is 0 Å². The van der Waals surface area contributed by atoms with Gasteiger partial charge in [-0.15, -0.1) is 0 Å². The van der Waals surface area contributed by atoms with E-state index in [1.807, 2.05) is 6.92 Å². The largest absolute Gasteiger partial charge is 0.507 e. The number of rotatable bonds is 1. The van der Waals surface area contributed by atoms with Crippen molar-refractivity contribution >= 4 is 28.5 Å². The molecular weight excluding hydrogens is 331 g/mol. The number of piperazine rings is 1. The second-order valence-corrected chi connectivity index (χ2v) is 5.51. The van der Waals surface area contributed by atoms with Crippen molar-refractivity contribution in [2.45, 2.75) is 13.0 Å². The van der Waals surface area contributed by atoms with E-state index in [1.165, 1.54) is 0 Å². The number of aromatic hydroxyl groups is 1. The van der Waals surface area contributed by atoms with E-state index in [-0.39, 0.29) is 11.7 Å². The SMILES string of the molecule is C[C@H]1CN(C(=O)c2cc(I)ccc2O)CCN1. The Morgan fingerprint density at radius 1 is 1.59 bits per heavy atom. The maximum absolute atomic E-state index is 12.3. The molecule has 0 spiro atoms. The number of amides is 1. The number of halogens is 1. The molecular formula is C12H15IN2O2. The molecule has 1 heterocycles. The fraction of sp³-hybridized carbons (Fsp3) is 0.417. The smallest absolute Gasteiger partial charge is 0.257 e. The highest BCUT2D eigenvalue weighted by Crippen LogP contribution is 2.21. The molecule has 0 radical (unpaired) electrons. The predicted octanol–water partition coefficient (Wildman–Crippen LogP) is 1.43. The molecule has 1 saturated heterocycles. The van der Waals surface area contributed by atoms with Crippen LogP contribution in [-0.2, 0) is 0 Å². The van der Waals surface area contributed by atoms with Crippen LogP contribution in [0.5, 0.6) is 5.75 Å². The van der Waals surface area contributed by atoms with Crippen molar-refractivity contribution in [3.05, 3.63) is 27.3 Å². The summed E-state index contributed by atoms with van der Waals surface area (Å²) in [4.78, 5) is 14.0. The lowest BCUT2D eigenvalue weighted by Gasteiger charge is -2.32. The minimum atomic E-state index is -0.0885. The fourth-order valence-electron chi connectivity index (χ4n) is 1.97. The van der Waals surface area contributed by atoms with Gasteiger partial charge in [0, 0.05) is 29.2 Å². The second kappa shape index (κ2) is 5.22. The highest BCUT2D eigenvalue weighted by molar-refractivity contribution is 14.1. The van der Waals surface area contributed by atoms with E-state index in [1.54, 1.807) is 23.1 Å². The van der Waals surface area contributed by atoms with Crippen LogP contribution in [0, 0.1) is 3.57 Å². The molecule has 0 bridgehead atoms. The molecule has 0 aliphatic carbocycles. The van der Waals surface area contributed by atoms with Crippen molar-refractivity contribution in [2.75, 3.05) is 19.6 Å². The summed E-state index contributed by atoms with van der Waals surface area (Å²) in [6.07, 6.45) is 0. The maximum Gasteiger partial charge on any atom is 0.257 e. The number of nitrogens with zero attached hydrogens (tertiary/aromatic N) is 1. The zero-order valence-electron chi connectivity index (χ0n) is 9.61. The van der Waals surface area contributed by atoms with Crippen LogP contribution in [0.1, 0.15) is 17.3 Å². The monoisotopic (exact) mass is 346 g/mol. The molecule has 1 fully saturated rings. The van der Waals surface area contributed by atoms with Gasteiger partial charge in [0.25, 0.3) is 5.91 Å². The number of hydrogen-bond acceptors (Lipinski definition) is 3. The minimum absolute atomic E-state index is 0.0570. The molecule has 1 aromatic carbocycles. The van der Waals surface area contributed by atoms with Crippen molar-refractivity contribution < 1.29 is 9.90 Å². The van der Waals surface area contributed by atoms with Gasteiger partial charge in [0.1, 0.15) is 5.75 Å². The Morgan fingerprint density at radius 3 is 3.06 bits per heavy atom. The first kappa shape index (κ1) is 12.6. The predicted molar refractivity (Wildman–Crippen MR) is 74.2 cm³/mol. The van der Waals surface area contributed by atoms with Crippen LogP contribution >= 0.6 is 22.6 Å². The second-order valence-electron chi connectivity index (χ2n) is 4.27. The standard InChI is InChI=1S/C12H15IN2O2/c1-8-7-15(5-4-14-8)12(17)10-6-9(13)2-3-11(10)16/h2-3,6,8,14,16H,4-5,7H2,1H3/t8-/m0/s1. The Kier molecular flexibility index (Phi) is 3.88. The molecule has 2 rings (SSSR count). The van der Waals surface area contributed by atoms with Gasteiger partial charge < -0.3 is 15.3 Å². The van der Waals surface area contributed by atoms with E-state index in [9.17, 15) is 9.90 Å². The third kappa shape index (κ3) is 2.90. The van der Waals surface area contributed by atoms with Gasteiger partial charge >= 0.3 is 0 Å². The third-order valence-electron chi connectivity index (χ3n) is 2.84. The number of carbonyl (C=O) groups is 1. The lowest BCUT2D eigenvalue weighted by Crippen LogP contribution is -2.51. The molecule has 0 aromatic heterocycles. The van der Waals surface area contributed by atoms with Gasteiger partial charge in [-0.3, -0.25) is 4.79 Å². The fourth-order valence-corrected chi connectivity index (χ4v) is 2.46. The number of benzene rings is 1. The van der Waals surface area contributed by atoms with Crippen LogP contribution in [0.4, 0.5) is 0 Å². The summed E-state index contributed by atoms with van der Waals surface area (Å²) in [6, 6.07) is 5.39. The Bertz CT molecular complexity index is 437. The van der Waals surface area contributed by atoms with Gasteiger partial charge in [-0.1, -0.05) is 0 Å². The zero-order valence-corrected chi connectivity index (χ0v) is 11.8. The molecule has 92 valence electrons. The molecule has 1 amide bonds. The molecule has 2 N–H and O–H groups in total. The van der Waals surface area contributed by atoms with E-state index in [4.69, 9.17) is 0 Å². The summed E-state index contributed by atoms with van der Waals surface area (Å²) in [5, 5.41) is 13.0. The highest BCUT2D eigenvalue weighted by atomic mass is 127. The van der Waals surface area contributed by atoms with Crippen LogP contribution in [0.3, 0.4) is 0 Å². The molecule has 1 aliphatic heterocycles. The summed E-state index contributed by atoms with van der Waals surface area (Å²) in [5.74, 6) is -0.0315. The van der Waals surface area contributed by atoms with E-state index in [0.717, 1.165) is 10.1 Å². The van der Waals surface area contributed by atoms with E-state index >= 15 is 0 Å². The lowest BCUT2D eigenvalue weighted by molar-refractivity contribution is 0.0706. The molecule has 1 aromatic rings. The average molecular weight is 346 g/mol. The number of hydrogen-bond donors (Lipinski definition) is 2. The van der Waals surface area contributed by atoms with E-state index < -0.39 is 0 Å². The van der Waals surface area contributed by atoms with Gasteiger partial charge in [0.15, 0.2) is 0 Å². The van der Waals surface area contributed by atoms with Crippen molar-refractivity contribution in [3.8, 4) is 5.75 Å². The van der Waals surface area contributed by atoms with Gasteiger partial charge in [0.05, 0.1) is 5.56 Å². The molecule has 1 aliphatic rings. The van der Waals surface area contributed by atoms with E-state index in [2.05, 4.69) is 27.9 Å². The Hall–Kier alpha value is -0.820. The maximum atomic E-state index is 12.3. The number of phenolic OH excluding ortho intramolecular Hbond substituents is 1. The van der Waals surface area contributed by atoms with Crippen molar-refractivity contribution in [1.29, 1.82) is 0 Å². The van der Waals surface area contributed by atoms with Crippen LogP contribution in [0.15, 0.2) is 18.2 Å². The lowest BCUT2D eigenvalue weighted by atomic mass is 10.1. The molecule has 0 unspecified atom stereocenters. The first-order valence-corrected chi connectivity index (χ1v) is 6.67. The molecule has 17 heavy (non-hydrogen) atoms. The topological polar surface area (TPSA) is 52.6 Å². The van der Waals surface area contributed by atoms with E-state index in [0.29, 0.717) is 24.7 Å². The Labute approximate surface area is 114 Å². The molecule has 0 saturated carbocycles. The Balaban J connectivity index is 2.21. The van der Waals surface area contributed by atoms with Crippen LogP contribution < -0.4 is 5.32 Å². The first-order chi connectivity index (χ1) is 8.08. The average Bonchev–Trinajstić information content (AvgIpc) is 2.31. The van der Waals surface area contributed by atoms with Gasteiger partial charge in [-0.05, 0) is 47.7 Å². The molecule has 5 heteroatoms. The summed E-state index contributed by atoms with van der Waals surface area (Å²) in [5.41, 5.74) is 0.394. The molecule has 4 nitrogen and oxygen atoms in total. The number of phenols is 1. The van der Waals surface area contributed by atoms with Crippen LogP contribution in [-0.4, -0.2) is 41.6 Å². The number of nitrogens with one attached hydrogen (secondary N) is 1. The quantitative estimate of drug-likeness (QED) is 0.757. The third-order valence-corrected chi connectivity index (χ3v) is 3.52. The van der Waals surface area contributed by atoms with Gasteiger partial charge in [0.2, 0.25) is 0 Å². The summed E-state index contributed by atoms with van der Waals surface area (Å²) in [6.45, 7) is 4.23. The van der Waals surface area contributed by atoms with Crippen molar-refractivity contribution in [1.82, 2.24) is 10.2 Å². The summed E-state index contributed by atoms with van der Waals surface area (Å²) >= 11 is 2.14. The van der Waals surface area contributed by atoms with Gasteiger partial charge in [-0.2, -0.15) is 0 Å². The zero-order chi connectivity index (χ0) is 12.4. The first-order valence-electron chi connectivity index (χ1n) is 5.59. The Morgan fingerprint density at radius 2 is 2.35 bits per heavy atom. The summed E-state index contributed by atoms with van der Waals surface area (Å²) < 4.78 is 0.951. The number of carbonyl (C=O) groups excluding carboxylic acids is 1. The molecule has 1 atom stereocenters. The van der Waals surface area contributed by atoms with Gasteiger partial charge in [-0.25, -0.2) is 0 Å². The summed E-state index contributed by atoms with van der Waals surface area (Å²) in [7, 11) is 0. The van der Waals surface area contributed by atoms with Crippen LogP contribution in [0.25, 0.3) is 0 Å². The minimum Gasteiger partial charge on any atom is -0.507 e. The van der Waals surface area contributed by atoms with Crippen molar-refractivity contribution in [2.24, 2.45) is 0 Å². The van der Waals surface area contributed by atoms with Crippen LogP contribution in [0.2, 0.25) is 0 Å². The highest BCUT2D eigenvalue weighted by Gasteiger charge is 2.23.